The molecule has 1 amide bonds. The van der Waals surface area contributed by atoms with E-state index in [0.29, 0.717) is 29.4 Å². The fourth-order valence-corrected chi connectivity index (χ4v) is 4.21. The second kappa shape index (κ2) is 6.86. The second-order valence-electron chi connectivity index (χ2n) is 7.76. The predicted octanol–water partition coefficient (Wildman–Crippen LogP) is 1.98. The van der Waals surface area contributed by atoms with E-state index in [4.69, 9.17) is 0 Å². The minimum absolute atomic E-state index is 0.0845. The number of anilines is 1. The largest absolute Gasteiger partial charge is 0.348 e. The van der Waals surface area contributed by atoms with Gasteiger partial charge in [-0.05, 0) is 30.7 Å². The maximum atomic E-state index is 14.3. The number of hydrogen-bond acceptors (Lipinski definition) is 6. The van der Waals surface area contributed by atoms with Crippen molar-refractivity contribution in [3.8, 4) is 0 Å². The fourth-order valence-electron chi connectivity index (χ4n) is 4.21. The van der Waals surface area contributed by atoms with Crippen molar-refractivity contribution in [3.63, 3.8) is 0 Å². The highest BCUT2D eigenvalue weighted by molar-refractivity contribution is 5.93. The Morgan fingerprint density at radius 1 is 1.19 bits per heavy atom. The highest BCUT2D eigenvalue weighted by Crippen LogP contribution is 2.35. The van der Waals surface area contributed by atoms with Crippen LogP contribution >= 0.6 is 0 Å². The molecule has 0 aliphatic carbocycles. The number of nitrogens with one attached hydrogen (secondary N) is 1. The standard InChI is InChI=1S/C21H19FN8O/c22-13-3-1-9-30-17(13)11-16(27-30)19-18-14(24-12-25-18)5-10-29(19)21-23-6-4-15(26-21)20(31)28-7-2-8-28/h1,3-4,6,9,11-12,19H,2,5,7-8,10H2,(H,24,25)/t19-/m1/s1. The maximum absolute atomic E-state index is 14.3. The number of aromatic nitrogens is 6. The highest BCUT2D eigenvalue weighted by Gasteiger charge is 2.35. The Hall–Kier alpha value is -3.82. The molecule has 0 unspecified atom stereocenters. The van der Waals surface area contributed by atoms with Crippen molar-refractivity contribution in [1.82, 2.24) is 34.4 Å². The van der Waals surface area contributed by atoms with Crippen LogP contribution in [0, 0.1) is 5.82 Å². The zero-order chi connectivity index (χ0) is 20.9. The third-order valence-corrected chi connectivity index (χ3v) is 5.94. The molecular weight excluding hydrogens is 399 g/mol. The molecule has 0 bridgehead atoms. The number of nitrogens with zero attached hydrogens (tertiary/aromatic N) is 7. The molecule has 1 saturated heterocycles. The summed E-state index contributed by atoms with van der Waals surface area (Å²) >= 11 is 0. The molecule has 6 rings (SSSR count). The topological polar surface area (TPSA) is 95.3 Å². The average molecular weight is 418 g/mol. The first-order valence-electron chi connectivity index (χ1n) is 10.2. The van der Waals surface area contributed by atoms with Gasteiger partial charge in [-0.25, -0.2) is 23.9 Å². The van der Waals surface area contributed by atoms with Crippen molar-refractivity contribution in [3.05, 3.63) is 71.6 Å². The number of carbonyl (C=O) groups is 1. The van der Waals surface area contributed by atoms with Gasteiger partial charge in [-0.3, -0.25) is 4.79 Å². The summed E-state index contributed by atoms with van der Waals surface area (Å²) in [5.41, 5.74) is 3.21. The Labute approximate surface area is 176 Å². The molecule has 4 aromatic rings. The molecule has 2 aliphatic heterocycles. The number of hydrogen-bond donors (Lipinski definition) is 1. The van der Waals surface area contributed by atoms with Gasteiger partial charge in [-0.15, -0.1) is 0 Å². The van der Waals surface area contributed by atoms with E-state index in [2.05, 4.69) is 25.0 Å². The molecule has 0 aromatic carbocycles. The maximum Gasteiger partial charge on any atom is 0.272 e. The lowest BCUT2D eigenvalue weighted by molar-refractivity contribution is 0.0645. The molecule has 0 saturated carbocycles. The van der Waals surface area contributed by atoms with E-state index < -0.39 is 6.04 Å². The summed E-state index contributed by atoms with van der Waals surface area (Å²) in [6.45, 7) is 2.12. The van der Waals surface area contributed by atoms with Gasteiger partial charge in [0.05, 0.1) is 17.7 Å². The number of rotatable bonds is 3. The number of aromatic amines is 1. The smallest absolute Gasteiger partial charge is 0.272 e. The van der Waals surface area contributed by atoms with Crippen LogP contribution in [0.1, 0.15) is 40.0 Å². The summed E-state index contributed by atoms with van der Waals surface area (Å²) in [7, 11) is 0. The quantitative estimate of drug-likeness (QED) is 0.547. The highest BCUT2D eigenvalue weighted by atomic mass is 19.1. The summed E-state index contributed by atoms with van der Waals surface area (Å²) in [6.07, 6.45) is 6.72. The molecule has 10 heteroatoms. The Morgan fingerprint density at radius 3 is 2.90 bits per heavy atom. The minimum atomic E-state index is -0.399. The normalized spacial score (nSPS) is 18.2. The lowest BCUT2D eigenvalue weighted by atomic mass is 10.00. The lowest BCUT2D eigenvalue weighted by Gasteiger charge is -2.34. The van der Waals surface area contributed by atoms with Crippen LogP contribution in [0.25, 0.3) is 5.52 Å². The molecule has 0 spiro atoms. The van der Waals surface area contributed by atoms with E-state index in [-0.39, 0.29) is 11.7 Å². The first-order chi connectivity index (χ1) is 15.2. The van der Waals surface area contributed by atoms with Crippen LogP contribution in [0.2, 0.25) is 0 Å². The number of H-pyrrole nitrogens is 1. The third-order valence-electron chi connectivity index (χ3n) is 5.94. The summed E-state index contributed by atoms with van der Waals surface area (Å²) in [6, 6.07) is 6.00. The molecule has 1 atom stereocenters. The minimum Gasteiger partial charge on any atom is -0.348 e. The van der Waals surface area contributed by atoms with Crippen LogP contribution in [0.3, 0.4) is 0 Å². The van der Waals surface area contributed by atoms with Crippen molar-refractivity contribution in [1.29, 1.82) is 0 Å². The molecule has 9 nitrogen and oxygen atoms in total. The average Bonchev–Trinajstić information content (AvgIpc) is 3.39. The summed E-state index contributed by atoms with van der Waals surface area (Å²) < 4.78 is 15.8. The van der Waals surface area contributed by atoms with Crippen LogP contribution in [0.5, 0.6) is 0 Å². The SMILES string of the molecule is O=C(c1ccnc(N2CCc3[nH]cnc3[C@H]2c2cc3c(F)cccn3n2)n1)N1CCC1. The van der Waals surface area contributed by atoms with Crippen LogP contribution in [0.4, 0.5) is 10.3 Å². The summed E-state index contributed by atoms with van der Waals surface area (Å²) in [5, 5.41) is 4.61. The number of pyridine rings is 1. The van der Waals surface area contributed by atoms with E-state index in [1.54, 1.807) is 41.8 Å². The van der Waals surface area contributed by atoms with Gasteiger partial charge in [0.25, 0.3) is 5.91 Å². The molecule has 31 heavy (non-hydrogen) atoms. The number of amides is 1. The van der Waals surface area contributed by atoms with Gasteiger partial charge < -0.3 is 14.8 Å². The number of imidazole rings is 1. The number of likely N-dealkylation sites (tertiary alicyclic amines) is 1. The van der Waals surface area contributed by atoms with Gasteiger partial charge >= 0.3 is 0 Å². The monoisotopic (exact) mass is 418 g/mol. The van der Waals surface area contributed by atoms with E-state index in [0.717, 1.165) is 37.3 Å². The van der Waals surface area contributed by atoms with Crippen LogP contribution in [-0.2, 0) is 6.42 Å². The Morgan fingerprint density at radius 2 is 2.10 bits per heavy atom. The van der Waals surface area contributed by atoms with Gasteiger partial charge in [0.1, 0.15) is 23.1 Å². The van der Waals surface area contributed by atoms with Crippen molar-refractivity contribution in [2.75, 3.05) is 24.5 Å². The van der Waals surface area contributed by atoms with Crippen molar-refractivity contribution in [2.24, 2.45) is 0 Å². The molecule has 6 heterocycles. The first-order valence-corrected chi connectivity index (χ1v) is 10.2. The van der Waals surface area contributed by atoms with Crippen LogP contribution in [-0.4, -0.2) is 60.0 Å². The van der Waals surface area contributed by atoms with E-state index >= 15 is 0 Å². The Balaban J connectivity index is 1.44. The number of carbonyl (C=O) groups excluding carboxylic acids is 1. The predicted molar refractivity (Wildman–Crippen MR) is 109 cm³/mol. The molecular formula is C21H19FN8O. The van der Waals surface area contributed by atoms with Gasteiger partial charge in [-0.2, -0.15) is 5.10 Å². The zero-order valence-electron chi connectivity index (χ0n) is 16.6. The van der Waals surface area contributed by atoms with Crippen LogP contribution in [0.15, 0.2) is 43.0 Å². The van der Waals surface area contributed by atoms with Crippen molar-refractivity contribution < 1.29 is 9.18 Å². The van der Waals surface area contributed by atoms with Crippen LogP contribution < -0.4 is 4.90 Å². The molecule has 0 radical (unpaired) electrons. The summed E-state index contributed by atoms with van der Waals surface area (Å²) in [5.74, 6) is 0.00511. The Kier molecular flexibility index (Phi) is 3.98. The summed E-state index contributed by atoms with van der Waals surface area (Å²) in [4.78, 5) is 33.2. The molecule has 156 valence electrons. The number of fused-ring (bicyclic) bond motifs is 2. The molecule has 1 N–H and O–H groups in total. The van der Waals surface area contributed by atoms with Crippen molar-refractivity contribution >= 4 is 17.4 Å². The second-order valence-corrected chi connectivity index (χ2v) is 7.76. The van der Waals surface area contributed by atoms with Gasteiger partial charge in [0.2, 0.25) is 5.95 Å². The van der Waals surface area contributed by atoms with E-state index in [9.17, 15) is 9.18 Å². The zero-order valence-corrected chi connectivity index (χ0v) is 16.6. The van der Waals surface area contributed by atoms with Crippen molar-refractivity contribution in [2.45, 2.75) is 18.9 Å². The Bertz CT molecular complexity index is 1290. The third kappa shape index (κ3) is 2.86. The number of halogens is 1. The van der Waals surface area contributed by atoms with E-state index in [1.165, 1.54) is 10.6 Å². The molecule has 2 aliphatic rings. The van der Waals surface area contributed by atoms with E-state index in [1.807, 2.05) is 4.90 Å². The van der Waals surface area contributed by atoms with Gasteiger partial charge in [-0.1, -0.05) is 0 Å². The molecule has 1 fully saturated rings. The van der Waals surface area contributed by atoms with Gasteiger partial charge in [0.15, 0.2) is 0 Å². The first kappa shape index (κ1) is 18.0. The van der Waals surface area contributed by atoms with Gasteiger partial charge in [0, 0.05) is 44.1 Å². The fraction of sp³-hybridized carbons (Fsp3) is 0.286. The molecule has 4 aromatic heterocycles. The lowest BCUT2D eigenvalue weighted by Crippen LogP contribution is -2.43.